The molecule has 2 rings (SSSR count). The maximum atomic E-state index is 11.7. The van der Waals surface area contributed by atoms with Crippen molar-refractivity contribution in [1.29, 1.82) is 0 Å². The number of hydrogen-bond acceptors (Lipinski definition) is 4. The number of ether oxygens (including phenoxy) is 2. The van der Waals surface area contributed by atoms with Crippen LogP contribution < -0.4 is 0 Å². The molecule has 2 aliphatic rings. The van der Waals surface area contributed by atoms with Gasteiger partial charge in [0, 0.05) is 13.2 Å². The van der Waals surface area contributed by atoms with Crippen LogP contribution in [0.2, 0.25) is 0 Å². The Morgan fingerprint density at radius 2 is 1.26 bits per heavy atom. The van der Waals surface area contributed by atoms with Gasteiger partial charge < -0.3 is 19.7 Å². The van der Waals surface area contributed by atoms with Crippen molar-refractivity contribution in [3.63, 3.8) is 0 Å². The van der Waals surface area contributed by atoms with E-state index in [-0.39, 0.29) is 0 Å². The Balaban J connectivity index is 2.33. The maximum absolute atomic E-state index is 11.7. The van der Waals surface area contributed by atoms with Gasteiger partial charge in [-0.3, -0.25) is 9.59 Å². The summed E-state index contributed by atoms with van der Waals surface area (Å²) >= 11 is 0. The van der Waals surface area contributed by atoms with E-state index in [1.54, 1.807) is 0 Å². The molecule has 0 radical (unpaired) electrons. The van der Waals surface area contributed by atoms with Crippen molar-refractivity contribution < 1.29 is 29.3 Å². The number of carboxylic acid groups (broad SMARTS) is 2. The minimum atomic E-state index is -1.97. The van der Waals surface area contributed by atoms with Gasteiger partial charge in [-0.25, -0.2) is 0 Å². The minimum Gasteiger partial charge on any atom is -0.480 e. The molecule has 2 fully saturated rings. The second-order valence-corrected chi connectivity index (χ2v) is 5.19. The maximum Gasteiger partial charge on any atom is 0.326 e. The van der Waals surface area contributed by atoms with Gasteiger partial charge in [-0.2, -0.15) is 0 Å². The van der Waals surface area contributed by atoms with Gasteiger partial charge in [0.05, 0.1) is 12.2 Å². The fourth-order valence-corrected chi connectivity index (χ4v) is 3.05. The highest BCUT2D eigenvalue weighted by atomic mass is 16.5. The Kier molecular flexibility index (Phi) is 4.42. The van der Waals surface area contributed by atoms with Crippen molar-refractivity contribution in [3.05, 3.63) is 0 Å². The summed E-state index contributed by atoms with van der Waals surface area (Å²) in [6.45, 7) is 0.833. The number of rotatable bonds is 4. The number of carboxylic acids is 2. The van der Waals surface area contributed by atoms with Gasteiger partial charge in [-0.1, -0.05) is 0 Å². The first-order chi connectivity index (χ1) is 9.10. The average molecular weight is 272 g/mol. The second kappa shape index (κ2) is 5.88. The molecule has 0 aromatic heterocycles. The van der Waals surface area contributed by atoms with E-state index in [1.807, 2.05) is 0 Å². The molecular formula is C13H20O6. The van der Waals surface area contributed by atoms with Gasteiger partial charge in [0.25, 0.3) is 0 Å². The van der Waals surface area contributed by atoms with Gasteiger partial charge in [0.15, 0.2) is 0 Å². The van der Waals surface area contributed by atoms with Crippen molar-refractivity contribution in [2.45, 2.75) is 50.7 Å². The summed E-state index contributed by atoms with van der Waals surface area (Å²) in [5.41, 5.74) is -1.97. The summed E-state index contributed by atoms with van der Waals surface area (Å²) in [6, 6.07) is 0. The van der Waals surface area contributed by atoms with Crippen molar-refractivity contribution in [2.24, 2.45) is 5.41 Å². The predicted octanol–water partition coefficient (Wildman–Crippen LogP) is 1.28. The molecule has 6 heteroatoms. The van der Waals surface area contributed by atoms with E-state index in [0.717, 1.165) is 25.7 Å². The molecule has 2 aliphatic heterocycles. The second-order valence-electron chi connectivity index (χ2n) is 5.19. The Morgan fingerprint density at radius 3 is 1.53 bits per heavy atom. The third-order valence-corrected chi connectivity index (χ3v) is 4.08. The summed E-state index contributed by atoms with van der Waals surface area (Å²) in [6.07, 6.45) is 2.57. The quantitative estimate of drug-likeness (QED) is 0.749. The molecule has 0 spiro atoms. The molecule has 0 aromatic carbocycles. The lowest BCUT2D eigenvalue weighted by atomic mass is 9.72. The van der Waals surface area contributed by atoms with E-state index in [4.69, 9.17) is 9.47 Å². The van der Waals surface area contributed by atoms with E-state index >= 15 is 0 Å². The molecule has 2 N–H and O–H groups in total. The molecule has 0 aromatic rings. The van der Waals surface area contributed by atoms with Crippen LogP contribution in [0.4, 0.5) is 0 Å². The van der Waals surface area contributed by atoms with Crippen LogP contribution in [-0.2, 0) is 19.1 Å². The van der Waals surface area contributed by atoms with E-state index in [1.165, 1.54) is 0 Å². The first kappa shape index (κ1) is 14.3. The lowest BCUT2D eigenvalue weighted by Crippen LogP contribution is -2.59. The van der Waals surface area contributed by atoms with Gasteiger partial charge in [-0.05, 0) is 38.5 Å². The lowest BCUT2D eigenvalue weighted by Gasteiger charge is -2.41. The van der Waals surface area contributed by atoms with Crippen LogP contribution in [0.5, 0.6) is 0 Å². The Morgan fingerprint density at radius 1 is 0.842 bits per heavy atom. The van der Waals surface area contributed by atoms with Crippen LogP contribution in [0.15, 0.2) is 0 Å². The lowest BCUT2D eigenvalue weighted by molar-refractivity contribution is -0.202. The highest BCUT2D eigenvalue weighted by molar-refractivity contribution is 6.00. The normalized spacial score (nSPS) is 28.8. The summed E-state index contributed by atoms with van der Waals surface area (Å²) in [4.78, 5) is 23.4. The monoisotopic (exact) mass is 272 g/mol. The van der Waals surface area contributed by atoms with E-state index < -0.39 is 29.6 Å². The van der Waals surface area contributed by atoms with Crippen molar-refractivity contribution in [3.8, 4) is 0 Å². The van der Waals surface area contributed by atoms with E-state index in [2.05, 4.69) is 0 Å². The van der Waals surface area contributed by atoms with E-state index in [0.29, 0.717) is 26.1 Å². The summed E-state index contributed by atoms with van der Waals surface area (Å²) in [5.74, 6) is -2.70. The molecule has 2 atom stereocenters. The van der Waals surface area contributed by atoms with Crippen LogP contribution in [-0.4, -0.2) is 47.6 Å². The Bertz CT molecular complexity index is 307. The molecule has 2 unspecified atom stereocenters. The third kappa shape index (κ3) is 2.47. The minimum absolute atomic E-state index is 0.416. The smallest absolute Gasteiger partial charge is 0.326 e. The summed E-state index contributed by atoms with van der Waals surface area (Å²) in [5, 5.41) is 19.1. The van der Waals surface area contributed by atoms with E-state index in [9.17, 15) is 19.8 Å². The topological polar surface area (TPSA) is 93.1 Å². The van der Waals surface area contributed by atoms with Gasteiger partial charge in [0.2, 0.25) is 5.41 Å². The average Bonchev–Trinajstić information content (AvgIpc) is 2.41. The molecule has 6 nitrogen and oxygen atoms in total. The first-order valence-corrected chi connectivity index (χ1v) is 6.80. The first-order valence-electron chi connectivity index (χ1n) is 6.80. The van der Waals surface area contributed by atoms with Crippen molar-refractivity contribution in [1.82, 2.24) is 0 Å². The van der Waals surface area contributed by atoms with Gasteiger partial charge in [0.1, 0.15) is 0 Å². The zero-order valence-electron chi connectivity index (χ0n) is 10.8. The molecule has 0 aliphatic carbocycles. The highest BCUT2D eigenvalue weighted by Crippen LogP contribution is 2.40. The standard InChI is InChI=1S/C13H20O6/c14-11(15)13(12(16)17,9-5-1-3-7-18-9)10-6-2-4-8-19-10/h9-10H,1-8H2,(H,14,15)(H,16,17). The zero-order chi connectivity index (χ0) is 13.9. The predicted molar refractivity (Wildman–Crippen MR) is 64.9 cm³/mol. The van der Waals surface area contributed by atoms with Gasteiger partial charge in [-0.15, -0.1) is 0 Å². The molecule has 0 saturated carbocycles. The van der Waals surface area contributed by atoms with Crippen LogP contribution in [0.1, 0.15) is 38.5 Å². The SMILES string of the molecule is O=C(O)C(C(=O)O)(C1CCCCO1)C1CCCCO1. The molecule has 2 saturated heterocycles. The number of carbonyl (C=O) groups is 2. The molecule has 108 valence electrons. The molecular weight excluding hydrogens is 252 g/mol. The van der Waals surface area contributed by atoms with Crippen LogP contribution >= 0.6 is 0 Å². The zero-order valence-corrected chi connectivity index (χ0v) is 10.8. The highest BCUT2D eigenvalue weighted by Gasteiger charge is 2.60. The fraction of sp³-hybridized carbons (Fsp3) is 0.846. The fourth-order valence-electron chi connectivity index (χ4n) is 3.05. The van der Waals surface area contributed by atoms with Gasteiger partial charge >= 0.3 is 11.9 Å². The number of aliphatic carboxylic acids is 2. The summed E-state index contributed by atoms with van der Waals surface area (Å²) in [7, 11) is 0. The Labute approximate surface area is 111 Å². The van der Waals surface area contributed by atoms with Crippen LogP contribution in [0, 0.1) is 5.41 Å². The van der Waals surface area contributed by atoms with Crippen LogP contribution in [0.3, 0.4) is 0 Å². The largest absolute Gasteiger partial charge is 0.480 e. The van der Waals surface area contributed by atoms with Crippen molar-refractivity contribution in [2.75, 3.05) is 13.2 Å². The number of hydrogen-bond donors (Lipinski definition) is 2. The Hall–Kier alpha value is -1.14. The van der Waals surface area contributed by atoms with Crippen LogP contribution in [0.25, 0.3) is 0 Å². The molecule has 0 amide bonds. The summed E-state index contributed by atoms with van der Waals surface area (Å²) < 4.78 is 11.0. The third-order valence-electron chi connectivity index (χ3n) is 4.08. The molecule has 0 bridgehead atoms. The molecule has 2 heterocycles. The van der Waals surface area contributed by atoms with Crippen molar-refractivity contribution >= 4 is 11.9 Å². The molecule has 19 heavy (non-hydrogen) atoms.